The van der Waals surface area contributed by atoms with Gasteiger partial charge in [-0.1, -0.05) is 33.8 Å². The van der Waals surface area contributed by atoms with Gasteiger partial charge in [-0.05, 0) is 54.4 Å². The van der Waals surface area contributed by atoms with E-state index >= 15 is 0 Å². The number of carbonyl (C=O) groups excluding carboxylic acids is 2. The molecule has 2 amide bonds. The maximum absolute atomic E-state index is 12.5. The molecule has 3 rings (SSSR count). The standard InChI is InChI=1S/C24H29N3O2S2/c1-15-8-9-18-19(13-25)23(31-20(18)10-15)27-22(29)14-30-17-7-5-6-16(11-17)26-21(28)12-24(2,3)4/h5-7,11,15H,8-10,12,14H2,1-4H3,(H,26,28)(H,27,29). The molecule has 1 aromatic carbocycles. The van der Waals surface area contributed by atoms with Crippen LogP contribution in [-0.2, 0) is 22.4 Å². The molecule has 7 heteroatoms. The minimum Gasteiger partial charge on any atom is -0.326 e. The summed E-state index contributed by atoms with van der Waals surface area (Å²) < 4.78 is 0. The second-order valence-electron chi connectivity index (χ2n) is 9.32. The monoisotopic (exact) mass is 455 g/mol. The Balaban J connectivity index is 1.58. The maximum atomic E-state index is 12.5. The smallest absolute Gasteiger partial charge is 0.235 e. The van der Waals surface area contributed by atoms with Gasteiger partial charge in [-0.15, -0.1) is 23.1 Å². The number of nitriles is 1. The summed E-state index contributed by atoms with van der Waals surface area (Å²) >= 11 is 2.95. The van der Waals surface area contributed by atoms with E-state index in [1.54, 1.807) is 11.3 Å². The van der Waals surface area contributed by atoms with Crippen molar-refractivity contribution in [3.8, 4) is 6.07 Å². The lowest BCUT2D eigenvalue weighted by Gasteiger charge is -2.17. The van der Waals surface area contributed by atoms with Crippen molar-refractivity contribution >= 4 is 45.6 Å². The number of fused-ring (bicyclic) bond motifs is 1. The highest BCUT2D eigenvalue weighted by Gasteiger charge is 2.24. The first-order chi connectivity index (χ1) is 14.6. The zero-order valence-corrected chi connectivity index (χ0v) is 20.1. The van der Waals surface area contributed by atoms with Gasteiger partial charge in [0.1, 0.15) is 11.1 Å². The maximum Gasteiger partial charge on any atom is 0.235 e. The number of rotatable bonds is 6. The molecule has 1 unspecified atom stereocenters. The molecule has 1 atom stereocenters. The molecule has 0 fully saturated rings. The highest BCUT2D eigenvalue weighted by Crippen LogP contribution is 2.39. The second-order valence-corrected chi connectivity index (χ2v) is 11.5. The summed E-state index contributed by atoms with van der Waals surface area (Å²) in [5, 5.41) is 16.1. The van der Waals surface area contributed by atoms with Crippen molar-refractivity contribution in [1.82, 2.24) is 0 Å². The third-order valence-electron chi connectivity index (χ3n) is 5.06. The summed E-state index contributed by atoms with van der Waals surface area (Å²) in [5.41, 5.74) is 2.41. The van der Waals surface area contributed by atoms with Gasteiger partial charge in [0.15, 0.2) is 0 Å². The van der Waals surface area contributed by atoms with Crippen molar-refractivity contribution in [3.63, 3.8) is 0 Å². The quantitative estimate of drug-likeness (QED) is 0.535. The van der Waals surface area contributed by atoms with Crippen LogP contribution in [0.4, 0.5) is 10.7 Å². The predicted octanol–water partition coefficient (Wildman–Crippen LogP) is 5.85. The molecule has 0 saturated heterocycles. The van der Waals surface area contributed by atoms with E-state index in [0.29, 0.717) is 22.9 Å². The zero-order chi connectivity index (χ0) is 22.6. The molecular formula is C24H29N3O2S2. The average molecular weight is 456 g/mol. The summed E-state index contributed by atoms with van der Waals surface area (Å²) in [6.45, 7) is 8.31. The molecule has 0 saturated carbocycles. The van der Waals surface area contributed by atoms with Crippen LogP contribution in [0.1, 0.15) is 56.5 Å². The Bertz CT molecular complexity index is 1010. The lowest BCUT2D eigenvalue weighted by molar-refractivity contribution is -0.118. The number of carbonyl (C=O) groups is 2. The van der Waals surface area contributed by atoms with Crippen LogP contribution in [0.25, 0.3) is 0 Å². The Morgan fingerprint density at radius 1 is 1.26 bits per heavy atom. The van der Waals surface area contributed by atoms with E-state index in [-0.39, 0.29) is 23.0 Å². The fourth-order valence-electron chi connectivity index (χ4n) is 3.62. The number of thioether (sulfide) groups is 1. The molecule has 1 heterocycles. The van der Waals surface area contributed by atoms with Crippen molar-refractivity contribution in [1.29, 1.82) is 5.26 Å². The highest BCUT2D eigenvalue weighted by molar-refractivity contribution is 8.00. The van der Waals surface area contributed by atoms with Gasteiger partial charge >= 0.3 is 0 Å². The molecule has 1 aliphatic rings. The van der Waals surface area contributed by atoms with E-state index < -0.39 is 0 Å². The summed E-state index contributed by atoms with van der Waals surface area (Å²) in [5.74, 6) is 0.708. The number of anilines is 2. The number of hydrogen-bond acceptors (Lipinski definition) is 5. The Morgan fingerprint density at radius 2 is 2.03 bits per heavy atom. The topological polar surface area (TPSA) is 82.0 Å². The first-order valence-corrected chi connectivity index (χ1v) is 12.3. The van der Waals surface area contributed by atoms with Crippen molar-refractivity contribution in [2.75, 3.05) is 16.4 Å². The van der Waals surface area contributed by atoms with Gasteiger partial charge in [0.25, 0.3) is 0 Å². The van der Waals surface area contributed by atoms with Gasteiger partial charge in [-0.2, -0.15) is 5.26 Å². The van der Waals surface area contributed by atoms with Crippen LogP contribution in [0.15, 0.2) is 29.2 Å². The minimum absolute atomic E-state index is 0.0209. The molecule has 1 aliphatic carbocycles. The van der Waals surface area contributed by atoms with Gasteiger partial charge in [-0.3, -0.25) is 9.59 Å². The SMILES string of the molecule is CC1CCc2c(sc(NC(=O)CSc3cccc(NC(=O)CC(C)(C)C)c3)c2C#N)C1. The van der Waals surface area contributed by atoms with Gasteiger partial charge in [0.05, 0.1) is 11.3 Å². The van der Waals surface area contributed by atoms with Crippen LogP contribution in [0, 0.1) is 22.7 Å². The number of nitrogens with one attached hydrogen (secondary N) is 2. The van der Waals surface area contributed by atoms with E-state index in [9.17, 15) is 14.9 Å². The fourth-order valence-corrected chi connectivity index (χ4v) is 5.75. The van der Waals surface area contributed by atoms with Crippen molar-refractivity contribution in [2.24, 2.45) is 11.3 Å². The van der Waals surface area contributed by atoms with Crippen LogP contribution in [0.3, 0.4) is 0 Å². The number of benzene rings is 1. The van der Waals surface area contributed by atoms with Crippen LogP contribution in [0.2, 0.25) is 0 Å². The summed E-state index contributed by atoms with van der Waals surface area (Å²) in [7, 11) is 0. The van der Waals surface area contributed by atoms with Crippen molar-refractivity contribution < 1.29 is 9.59 Å². The van der Waals surface area contributed by atoms with E-state index in [1.165, 1.54) is 16.6 Å². The predicted molar refractivity (Wildman–Crippen MR) is 129 cm³/mol. The zero-order valence-electron chi connectivity index (χ0n) is 18.5. The Kier molecular flexibility index (Phi) is 7.45. The number of amides is 2. The molecule has 0 radical (unpaired) electrons. The Labute approximate surface area is 192 Å². The van der Waals surface area contributed by atoms with Crippen LogP contribution in [0.5, 0.6) is 0 Å². The Hall–Kier alpha value is -2.30. The van der Waals surface area contributed by atoms with Crippen LogP contribution < -0.4 is 10.6 Å². The highest BCUT2D eigenvalue weighted by atomic mass is 32.2. The second kappa shape index (κ2) is 9.88. The van der Waals surface area contributed by atoms with Gasteiger partial charge in [0.2, 0.25) is 11.8 Å². The van der Waals surface area contributed by atoms with Gasteiger partial charge in [-0.25, -0.2) is 0 Å². The van der Waals surface area contributed by atoms with E-state index in [4.69, 9.17) is 0 Å². The number of hydrogen-bond donors (Lipinski definition) is 2. The lowest BCUT2D eigenvalue weighted by atomic mass is 9.89. The lowest BCUT2D eigenvalue weighted by Crippen LogP contribution is -2.19. The molecule has 31 heavy (non-hydrogen) atoms. The van der Waals surface area contributed by atoms with Gasteiger partial charge < -0.3 is 10.6 Å². The molecule has 0 bridgehead atoms. The first kappa shape index (κ1) is 23.4. The van der Waals surface area contributed by atoms with Crippen LogP contribution in [-0.4, -0.2) is 17.6 Å². The minimum atomic E-state index is -0.129. The molecule has 1 aromatic heterocycles. The fraction of sp³-hybridized carbons (Fsp3) is 0.458. The van der Waals surface area contributed by atoms with E-state index in [2.05, 4.69) is 23.6 Å². The molecule has 2 N–H and O–H groups in total. The number of nitrogens with zero attached hydrogens (tertiary/aromatic N) is 1. The summed E-state index contributed by atoms with van der Waals surface area (Å²) in [4.78, 5) is 26.9. The molecular weight excluding hydrogens is 426 g/mol. The largest absolute Gasteiger partial charge is 0.326 e. The third kappa shape index (κ3) is 6.59. The molecule has 5 nitrogen and oxygen atoms in total. The van der Waals surface area contributed by atoms with Crippen LogP contribution >= 0.6 is 23.1 Å². The Morgan fingerprint density at radius 3 is 2.74 bits per heavy atom. The average Bonchev–Trinajstić information content (AvgIpc) is 3.00. The molecule has 164 valence electrons. The third-order valence-corrected chi connectivity index (χ3v) is 7.22. The summed E-state index contributed by atoms with van der Waals surface area (Å²) in [6, 6.07) is 9.81. The van der Waals surface area contributed by atoms with Gasteiger partial charge in [0, 0.05) is 21.9 Å². The molecule has 0 spiro atoms. The van der Waals surface area contributed by atoms with E-state index in [1.807, 2.05) is 45.0 Å². The van der Waals surface area contributed by atoms with Crippen molar-refractivity contribution in [2.45, 2.75) is 58.3 Å². The van der Waals surface area contributed by atoms with E-state index in [0.717, 1.165) is 35.4 Å². The van der Waals surface area contributed by atoms with Crippen molar-refractivity contribution in [3.05, 3.63) is 40.3 Å². The number of thiophene rings is 1. The summed E-state index contributed by atoms with van der Waals surface area (Å²) in [6.07, 6.45) is 3.42. The normalized spacial score (nSPS) is 15.6. The molecule has 0 aliphatic heterocycles. The first-order valence-electron chi connectivity index (χ1n) is 10.5. The molecule has 2 aromatic rings.